The molecule has 0 atom stereocenters. The van der Waals surface area contributed by atoms with Crippen molar-refractivity contribution in [2.45, 2.75) is 84.0 Å². The summed E-state index contributed by atoms with van der Waals surface area (Å²) in [4.78, 5) is 0. The fraction of sp³-hybridized carbons (Fsp3) is 1.00. The normalized spacial score (nSPS) is 10.1. The van der Waals surface area contributed by atoms with Gasteiger partial charge >= 0.3 is 29.6 Å². The minimum atomic E-state index is 0. The molecule has 16 heavy (non-hydrogen) atoms. The quantitative estimate of drug-likeness (QED) is 0.284. The predicted molar refractivity (Wildman–Crippen MR) is 82.1 cm³/mol. The molecule has 94 valence electrons. The molecular weight excluding hydrogens is 223 g/mol. The van der Waals surface area contributed by atoms with Crippen LogP contribution in [0, 0.1) is 0 Å². The van der Waals surface area contributed by atoms with E-state index in [1.807, 2.05) is 0 Å². The standard InChI is InChI=1S/C14H30S.Na.H/c1-2-3-4-5-6-7-8-9-10-11-12-13-14-15;;/h15H,2-14H2,1H3;;. The van der Waals surface area contributed by atoms with Gasteiger partial charge in [-0.05, 0) is 12.2 Å². The van der Waals surface area contributed by atoms with Crippen molar-refractivity contribution >= 4 is 42.2 Å². The molecule has 0 nitrogen and oxygen atoms in total. The molecule has 0 N–H and O–H groups in total. The molecule has 0 saturated carbocycles. The van der Waals surface area contributed by atoms with Gasteiger partial charge in [0.25, 0.3) is 0 Å². The van der Waals surface area contributed by atoms with E-state index in [0.717, 1.165) is 5.75 Å². The van der Waals surface area contributed by atoms with E-state index < -0.39 is 0 Å². The minimum absolute atomic E-state index is 0. The van der Waals surface area contributed by atoms with Crippen molar-refractivity contribution in [3.05, 3.63) is 0 Å². The van der Waals surface area contributed by atoms with Crippen LogP contribution >= 0.6 is 12.6 Å². The van der Waals surface area contributed by atoms with Crippen molar-refractivity contribution in [1.82, 2.24) is 0 Å². The summed E-state index contributed by atoms with van der Waals surface area (Å²) >= 11 is 4.22. The SMILES string of the molecule is CCCCCCCCCCCCCCS.[NaH]. The molecule has 0 bridgehead atoms. The molecule has 0 aromatic heterocycles. The molecule has 0 heterocycles. The van der Waals surface area contributed by atoms with Crippen LogP contribution in [0.1, 0.15) is 84.0 Å². The Morgan fingerprint density at radius 1 is 0.562 bits per heavy atom. The van der Waals surface area contributed by atoms with Gasteiger partial charge in [0.15, 0.2) is 0 Å². The first-order valence-electron chi connectivity index (χ1n) is 7.02. The summed E-state index contributed by atoms with van der Waals surface area (Å²) in [6.07, 6.45) is 17.2. The molecule has 2 heteroatoms. The monoisotopic (exact) mass is 254 g/mol. The Morgan fingerprint density at radius 3 is 1.19 bits per heavy atom. The van der Waals surface area contributed by atoms with E-state index in [-0.39, 0.29) is 29.6 Å². The van der Waals surface area contributed by atoms with Crippen LogP contribution in [-0.4, -0.2) is 35.3 Å². The molecule has 0 saturated heterocycles. The van der Waals surface area contributed by atoms with E-state index in [2.05, 4.69) is 19.6 Å². The van der Waals surface area contributed by atoms with Crippen LogP contribution in [0.4, 0.5) is 0 Å². The van der Waals surface area contributed by atoms with Crippen LogP contribution < -0.4 is 0 Å². The van der Waals surface area contributed by atoms with Gasteiger partial charge in [-0.25, -0.2) is 0 Å². The molecule has 0 aromatic rings. The Morgan fingerprint density at radius 2 is 0.875 bits per heavy atom. The molecule has 0 aromatic carbocycles. The summed E-state index contributed by atoms with van der Waals surface area (Å²) < 4.78 is 0. The zero-order valence-corrected chi connectivity index (χ0v) is 11.5. The third kappa shape index (κ3) is 17.7. The zero-order valence-electron chi connectivity index (χ0n) is 10.6. The summed E-state index contributed by atoms with van der Waals surface area (Å²) in [7, 11) is 0. The van der Waals surface area contributed by atoms with Crippen LogP contribution in [0.25, 0.3) is 0 Å². The molecule has 0 spiro atoms. The Labute approximate surface area is 131 Å². The van der Waals surface area contributed by atoms with Gasteiger partial charge in [-0.3, -0.25) is 0 Å². The summed E-state index contributed by atoms with van der Waals surface area (Å²) in [5.74, 6) is 1.07. The van der Waals surface area contributed by atoms with E-state index in [1.165, 1.54) is 77.0 Å². The molecular formula is C14H31NaS. The summed E-state index contributed by atoms with van der Waals surface area (Å²) in [5.41, 5.74) is 0. The van der Waals surface area contributed by atoms with E-state index in [9.17, 15) is 0 Å². The van der Waals surface area contributed by atoms with Crippen molar-refractivity contribution in [2.75, 3.05) is 5.75 Å². The van der Waals surface area contributed by atoms with Crippen LogP contribution in [0.2, 0.25) is 0 Å². The Bertz CT molecular complexity index is 94.9. The Kier molecular flexibility index (Phi) is 23.0. The number of hydrogen-bond donors (Lipinski definition) is 1. The first-order chi connectivity index (χ1) is 7.41. The molecule has 0 aliphatic heterocycles. The molecule has 0 radical (unpaired) electrons. The van der Waals surface area contributed by atoms with Crippen molar-refractivity contribution in [3.63, 3.8) is 0 Å². The summed E-state index contributed by atoms with van der Waals surface area (Å²) in [6, 6.07) is 0. The fourth-order valence-corrected chi connectivity index (χ4v) is 2.18. The van der Waals surface area contributed by atoms with Gasteiger partial charge in [0.2, 0.25) is 0 Å². The van der Waals surface area contributed by atoms with Gasteiger partial charge in [0.05, 0.1) is 0 Å². The number of hydrogen-bond acceptors (Lipinski definition) is 1. The van der Waals surface area contributed by atoms with Gasteiger partial charge in [-0.15, -0.1) is 0 Å². The third-order valence-electron chi connectivity index (χ3n) is 3.01. The number of rotatable bonds is 12. The van der Waals surface area contributed by atoms with Crippen molar-refractivity contribution in [1.29, 1.82) is 0 Å². The van der Waals surface area contributed by atoms with Gasteiger partial charge in [0, 0.05) is 0 Å². The zero-order chi connectivity index (χ0) is 11.2. The maximum atomic E-state index is 4.22. The summed E-state index contributed by atoms with van der Waals surface area (Å²) in [5, 5.41) is 0. The van der Waals surface area contributed by atoms with Gasteiger partial charge in [-0.2, -0.15) is 12.6 Å². The van der Waals surface area contributed by atoms with Crippen LogP contribution in [0.15, 0.2) is 0 Å². The number of unbranched alkanes of at least 4 members (excludes halogenated alkanes) is 11. The third-order valence-corrected chi connectivity index (χ3v) is 3.33. The molecule has 0 aliphatic rings. The van der Waals surface area contributed by atoms with E-state index >= 15 is 0 Å². The van der Waals surface area contributed by atoms with E-state index in [0.29, 0.717) is 0 Å². The molecule has 0 aliphatic carbocycles. The van der Waals surface area contributed by atoms with Crippen LogP contribution in [-0.2, 0) is 0 Å². The second kappa shape index (κ2) is 18.7. The molecule has 0 amide bonds. The van der Waals surface area contributed by atoms with E-state index in [1.54, 1.807) is 0 Å². The molecule has 0 fully saturated rings. The Hall–Kier alpha value is 1.35. The van der Waals surface area contributed by atoms with Crippen molar-refractivity contribution in [3.8, 4) is 0 Å². The first-order valence-corrected chi connectivity index (χ1v) is 7.66. The van der Waals surface area contributed by atoms with Gasteiger partial charge in [0.1, 0.15) is 0 Å². The first kappa shape index (κ1) is 19.7. The molecule has 0 rings (SSSR count). The topological polar surface area (TPSA) is 0 Å². The van der Waals surface area contributed by atoms with Crippen molar-refractivity contribution in [2.24, 2.45) is 0 Å². The average molecular weight is 254 g/mol. The predicted octanol–water partition coefficient (Wildman–Crippen LogP) is 4.97. The number of thiol groups is 1. The summed E-state index contributed by atoms with van der Waals surface area (Å²) in [6.45, 7) is 2.28. The van der Waals surface area contributed by atoms with Gasteiger partial charge < -0.3 is 0 Å². The maximum absolute atomic E-state index is 4.22. The van der Waals surface area contributed by atoms with Crippen LogP contribution in [0.3, 0.4) is 0 Å². The molecule has 0 unspecified atom stereocenters. The van der Waals surface area contributed by atoms with E-state index in [4.69, 9.17) is 0 Å². The van der Waals surface area contributed by atoms with Crippen molar-refractivity contribution < 1.29 is 0 Å². The van der Waals surface area contributed by atoms with Gasteiger partial charge in [-0.1, -0.05) is 77.6 Å². The van der Waals surface area contributed by atoms with Crippen LogP contribution in [0.5, 0.6) is 0 Å². The Balaban J connectivity index is 0. The average Bonchev–Trinajstić information content (AvgIpc) is 2.26. The second-order valence-electron chi connectivity index (χ2n) is 4.61. The second-order valence-corrected chi connectivity index (χ2v) is 5.06. The fourth-order valence-electron chi connectivity index (χ4n) is 1.95.